The molecular formula is C12H23NO2. The quantitative estimate of drug-likeness (QED) is 0.656. The van der Waals surface area contributed by atoms with Crippen molar-refractivity contribution in [3.05, 3.63) is 0 Å². The van der Waals surface area contributed by atoms with Gasteiger partial charge in [0.25, 0.3) is 0 Å². The van der Waals surface area contributed by atoms with Gasteiger partial charge in [0.1, 0.15) is 0 Å². The molecule has 2 saturated carbocycles. The van der Waals surface area contributed by atoms with Crippen LogP contribution in [-0.2, 0) is 0 Å². The predicted octanol–water partition coefficient (Wildman–Crippen LogP) is 1.04. The highest BCUT2D eigenvalue weighted by Crippen LogP contribution is 2.27. The number of hydrogen-bond acceptors (Lipinski definition) is 3. The van der Waals surface area contributed by atoms with Crippen LogP contribution in [0.4, 0.5) is 0 Å². The van der Waals surface area contributed by atoms with Gasteiger partial charge in [-0.2, -0.15) is 0 Å². The molecule has 0 aliphatic heterocycles. The smallest absolute Gasteiger partial charge is 0.0693 e. The lowest BCUT2D eigenvalue weighted by atomic mass is 9.84. The molecular weight excluding hydrogens is 190 g/mol. The Kier molecular flexibility index (Phi) is 4.00. The first-order valence-electron chi connectivity index (χ1n) is 6.36. The Morgan fingerprint density at radius 3 is 2.33 bits per heavy atom. The van der Waals surface area contributed by atoms with Crippen LogP contribution in [0.1, 0.15) is 44.9 Å². The topological polar surface area (TPSA) is 52.5 Å². The van der Waals surface area contributed by atoms with Crippen molar-refractivity contribution in [1.82, 2.24) is 5.32 Å². The highest BCUT2D eigenvalue weighted by Gasteiger charge is 2.31. The Hall–Kier alpha value is -0.120. The maximum Gasteiger partial charge on any atom is 0.0693 e. The summed E-state index contributed by atoms with van der Waals surface area (Å²) < 4.78 is 0. The molecule has 2 unspecified atom stereocenters. The van der Waals surface area contributed by atoms with E-state index in [0.29, 0.717) is 18.6 Å². The lowest BCUT2D eigenvalue weighted by Gasteiger charge is -2.34. The van der Waals surface area contributed by atoms with Gasteiger partial charge in [-0.1, -0.05) is 12.8 Å². The van der Waals surface area contributed by atoms with Crippen molar-refractivity contribution in [3.63, 3.8) is 0 Å². The highest BCUT2D eigenvalue weighted by molar-refractivity contribution is 4.89. The zero-order valence-corrected chi connectivity index (χ0v) is 9.36. The number of aliphatic hydroxyl groups is 2. The van der Waals surface area contributed by atoms with E-state index >= 15 is 0 Å². The fourth-order valence-electron chi connectivity index (χ4n) is 3.06. The molecule has 2 aliphatic rings. The Morgan fingerprint density at radius 1 is 0.933 bits per heavy atom. The molecule has 0 heterocycles. The van der Waals surface area contributed by atoms with Crippen LogP contribution in [0.2, 0.25) is 0 Å². The van der Waals surface area contributed by atoms with Crippen molar-refractivity contribution >= 4 is 0 Å². The van der Waals surface area contributed by atoms with Gasteiger partial charge in [0, 0.05) is 18.7 Å². The molecule has 0 spiro atoms. The van der Waals surface area contributed by atoms with Crippen molar-refractivity contribution in [3.8, 4) is 0 Å². The minimum atomic E-state index is -0.161. The molecule has 88 valence electrons. The van der Waals surface area contributed by atoms with Gasteiger partial charge in [-0.05, 0) is 38.0 Å². The Balaban J connectivity index is 1.85. The molecule has 4 atom stereocenters. The van der Waals surface area contributed by atoms with E-state index in [4.69, 9.17) is 0 Å². The first-order chi connectivity index (χ1) is 7.31. The van der Waals surface area contributed by atoms with Gasteiger partial charge < -0.3 is 15.5 Å². The largest absolute Gasteiger partial charge is 0.396 e. The lowest BCUT2D eigenvalue weighted by Crippen LogP contribution is -2.48. The first kappa shape index (κ1) is 11.4. The van der Waals surface area contributed by atoms with E-state index in [0.717, 1.165) is 32.1 Å². The standard InChI is InChI=1S/C12H23NO2/c14-8-9-4-1-2-5-10(9)13-11-6-3-7-12(11)15/h9-15H,1-8H2/t9?,10?,11-,12-/m1/s1. The molecule has 3 heteroatoms. The Labute approximate surface area is 91.9 Å². The van der Waals surface area contributed by atoms with Crippen LogP contribution in [0.15, 0.2) is 0 Å². The minimum Gasteiger partial charge on any atom is -0.396 e. The van der Waals surface area contributed by atoms with Crippen LogP contribution in [0.5, 0.6) is 0 Å². The van der Waals surface area contributed by atoms with Crippen LogP contribution in [0.25, 0.3) is 0 Å². The van der Waals surface area contributed by atoms with Crippen molar-refractivity contribution in [2.75, 3.05) is 6.61 Å². The summed E-state index contributed by atoms with van der Waals surface area (Å²) in [6.45, 7) is 0.292. The maximum atomic E-state index is 9.75. The van der Waals surface area contributed by atoms with Crippen molar-refractivity contribution in [1.29, 1.82) is 0 Å². The van der Waals surface area contributed by atoms with E-state index in [1.807, 2.05) is 0 Å². The predicted molar refractivity (Wildman–Crippen MR) is 59.6 cm³/mol. The molecule has 0 bridgehead atoms. The first-order valence-corrected chi connectivity index (χ1v) is 6.36. The SMILES string of the molecule is OCC1CCCCC1N[C@@H]1CCC[C@H]1O. The average molecular weight is 213 g/mol. The number of hydrogen-bond donors (Lipinski definition) is 3. The molecule has 15 heavy (non-hydrogen) atoms. The monoisotopic (exact) mass is 213 g/mol. The maximum absolute atomic E-state index is 9.75. The van der Waals surface area contributed by atoms with E-state index in [2.05, 4.69) is 5.32 Å². The van der Waals surface area contributed by atoms with Crippen LogP contribution in [0.3, 0.4) is 0 Å². The molecule has 0 saturated heterocycles. The third kappa shape index (κ3) is 2.71. The summed E-state index contributed by atoms with van der Waals surface area (Å²) in [5.41, 5.74) is 0. The summed E-state index contributed by atoms with van der Waals surface area (Å²) in [4.78, 5) is 0. The Morgan fingerprint density at radius 2 is 1.67 bits per heavy atom. The molecule has 3 N–H and O–H groups in total. The van der Waals surface area contributed by atoms with Crippen LogP contribution in [-0.4, -0.2) is 35.0 Å². The van der Waals surface area contributed by atoms with E-state index in [1.54, 1.807) is 0 Å². The summed E-state index contributed by atoms with van der Waals surface area (Å²) in [5, 5.41) is 22.6. The van der Waals surface area contributed by atoms with Crippen LogP contribution in [0, 0.1) is 5.92 Å². The van der Waals surface area contributed by atoms with E-state index < -0.39 is 0 Å². The highest BCUT2D eigenvalue weighted by atomic mass is 16.3. The summed E-state index contributed by atoms with van der Waals surface area (Å²) in [5.74, 6) is 0.409. The lowest BCUT2D eigenvalue weighted by molar-refractivity contribution is 0.107. The molecule has 2 fully saturated rings. The number of aliphatic hydroxyl groups excluding tert-OH is 2. The van der Waals surface area contributed by atoms with E-state index in [1.165, 1.54) is 12.8 Å². The number of rotatable bonds is 3. The fraction of sp³-hybridized carbons (Fsp3) is 1.00. The summed E-state index contributed by atoms with van der Waals surface area (Å²) in [6, 6.07) is 0.712. The summed E-state index contributed by atoms with van der Waals surface area (Å²) in [6.07, 6.45) is 7.81. The minimum absolute atomic E-state index is 0.161. The average Bonchev–Trinajstić information content (AvgIpc) is 2.65. The van der Waals surface area contributed by atoms with Gasteiger partial charge >= 0.3 is 0 Å². The van der Waals surface area contributed by atoms with Gasteiger partial charge in [0.05, 0.1) is 6.10 Å². The molecule has 2 rings (SSSR count). The van der Waals surface area contributed by atoms with Crippen molar-refractivity contribution in [2.24, 2.45) is 5.92 Å². The van der Waals surface area contributed by atoms with Gasteiger partial charge in [-0.3, -0.25) is 0 Å². The molecule has 3 nitrogen and oxygen atoms in total. The van der Waals surface area contributed by atoms with Crippen molar-refractivity contribution in [2.45, 2.75) is 63.1 Å². The molecule has 0 aromatic heterocycles. The van der Waals surface area contributed by atoms with E-state index in [-0.39, 0.29) is 12.1 Å². The number of nitrogens with one attached hydrogen (secondary N) is 1. The molecule has 0 aromatic rings. The van der Waals surface area contributed by atoms with Gasteiger partial charge in [-0.25, -0.2) is 0 Å². The second kappa shape index (κ2) is 5.28. The van der Waals surface area contributed by atoms with Crippen molar-refractivity contribution < 1.29 is 10.2 Å². The van der Waals surface area contributed by atoms with Gasteiger partial charge in [0.15, 0.2) is 0 Å². The van der Waals surface area contributed by atoms with Gasteiger partial charge in [-0.15, -0.1) is 0 Å². The Bertz CT molecular complexity index is 198. The summed E-state index contributed by atoms with van der Waals surface area (Å²) >= 11 is 0. The zero-order chi connectivity index (χ0) is 10.7. The zero-order valence-electron chi connectivity index (χ0n) is 9.36. The van der Waals surface area contributed by atoms with E-state index in [9.17, 15) is 10.2 Å². The molecule has 0 aromatic carbocycles. The molecule has 0 radical (unpaired) electrons. The fourth-order valence-corrected chi connectivity index (χ4v) is 3.06. The third-order valence-electron chi connectivity index (χ3n) is 4.05. The van der Waals surface area contributed by atoms with Crippen LogP contribution < -0.4 is 5.32 Å². The second-order valence-electron chi connectivity index (χ2n) is 5.11. The second-order valence-corrected chi connectivity index (χ2v) is 5.11. The summed E-state index contributed by atoms with van der Waals surface area (Å²) in [7, 11) is 0. The molecule has 2 aliphatic carbocycles. The van der Waals surface area contributed by atoms with Gasteiger partial charge in [0.2, 0.25) is 0 Å². The van der Waals surface area contributed by atoms with Crippen LogP contribution >= 0.6 is 0 Å². The normalized spacial score (nSPS) is 42.0. The molecule has 0 amide bonds. The third-order valence-corrected chi connectivity index (χ3v) is 4.05.